The SMILES string of the molecule is Cc1nc(C23CCC(C(=O)O)(CC2)C3)ccc1-n1nc(-c2cccc3nn(CC(O)c4ccccc4)cc23)c(C(C)C)c1C. The first-order chi connectivity index (χ1) is 21.1. The smallest absolute Gasteiger partial charge is 0.309 e. The third-order valence-corrected chi connectivity index (χ3v) is 10.3. The van der Waals surface area contributed by atoms with Gasteiger partial charge in [0.25, 0.3) is 0 Å². The number of aliphatic carboxylic acids is 1. The van der Waals surface area contributed by atoms with Crippen molar-refractivity contribution in [1.82, 2.24) is 24.5 Å². The third kappa shape index (κ3) is 4.46. The maximum Gasteiger partial charge on any atom is 0.309 e. The molecule has 2 fully saturated rings. The first kappa shape index (κ1) is 28.5. The van der Waals surface area contributed by atoms with Crippen LogP contribution in [0.1, 0.15) is 86.2 Å². The summed E-state index contributed by atoms with van der Waals surface area (Å²) >= 11 is 0. The van der Waals surface area contributed by atoms with Gasteiger partial charge in [0.15, 0.2) is 0 Å². The van der Waals surface area contributed by atoms with Crippen molar-refractivity contribution in [3.05, 3.63) is 95.1 Å². The lowest BCUT2D eigenvalue weighted by Crippen LogP contribution is -2.25. The summed E-state index contributed by atoms with van der Waals surface area (Å²) in [5, 5.41) is 31.8. The average Bonchev–Trinajstić information content (AvgIpc) is 3.78. The van der Waals surface area contributed by atoms with Crippen LogP contribution in [0.2, 0.25) is 0 Å². The fourth-order valence-electron chi connectivity index (χ4n) is 7.91. The Morgan fingerprint density at radius 1 is 0.955 bits per heavy atom. The third-order valence-electron chi connectivity index (χ3n) is 10.3. The van der Waals surface area contributed by atoms with Gasteiger partial charge in [-0.1, -0.05) is 56.3 Å². The second kappa shape index (κ2) is 10.4. The number of hydrogen-bond donors (Lipinski definition) is 2. The average molecular weight is 590 g/mol. The first-order valence-corrected chi connectivity index (χ1v) is 15.6. The molecule has 8 heteroatoms. The van der Waals surface area contributed by atoms with Gasteiger partial charge in [-0.25, -0.2) is 4.68 Å². The van der Waals surface area contributed by atoms with E-state index in [-0.39, 0.29) is 11.3 Å². The number of hydrogen-bond acceptors (Lipinski definition) is 5. The van der Waals surface area contributed by atoms with Gasteiger partial charge >= 0.3 is 5.97 Å². The number of aryl methyl sites for hydroxylation is 1. The van der Waals surface area contributed by atoms with Crippen LogP contribution in [-0.2, 0) is 16.8 Å². The molecule has 0 radical (unpaired) electrons. The van der Waals surface area contributed by atoms with Gasteiger partial charge in [0.2, 0.25) is 0 Å². The normalized spacial score (nSPS) is 21.9. The molecule has 8 nitrogen and oxygen atoms in total. The van der Waals surface area contributed by atoms with Gasteiger partial charge in [0.05, 0.1) is 40.7 Å². The monoisotopic (exact) mass is 589 g/mol. The molecule has 2 aromatic carbocycles. The molecule has 1 atom stereocenters. The van der Waals surface area contributed by atoms with Gasteiger partial charge in [-0.15, -0.1) is 0 Å². The molecule has 0 amide bonds. The van der Waals surface area contributed by atoms with Crippen LogP contribution in [0.4, 0.5) is 0 Å². The summed E-state index contributed by atoms with van der Waals surface area (Å²) < 4.78 is 3.84. The molecule has 2 aliphatic rings. The Hall–Kier alpha value is -4.30. The van der Waals surface area contributed by atoms with Gasteiger partial charge in [-0.2, -0.15) is 10.2 Å². The lowest BCUT2D eigenvalue weighted by atomic mass is 9.80. The highest BCUT2D eigenvalue weighted by atomic mass is 16.4. The number of nitrogens with zero attached hydrogens (tertiary/aromatic N) is 5. The van der Waals surface area contributed by atoms with Crippen molar-refractivity contribution in [2.24, 2.45) is 5.41 Å². The van der Waals surface area contributed by atoms with Crippen molar-refractivity contribution < 1.29 is 15.0 Å². The fraction of sp³-hybridized carbons (Fsp3) is 0.389. The van der Waals surface area contributed by atoms with E-state index in [1.807, 2.05) is 64.9 Å². The van der Waals surface area contributed by atoms with Gasteiger partial charge in [0, 0.05) is 39.5 Å². The van der Waals surface area contributed by atoms with Gasteiger partial charge in [-0.3, -0.25) is 14.5 Å². The molecule has 3 heterocycles. The Labute approximate surface area is 257 Å². The molecular formula is C36H39N5O3. The number of aliphatic hydroxyl groups is 1. The number of carboxylic acids is 1. The summed E-state index contributed by atoms with van der Waals surface area (Å²) in [7, 11) is 0. The molecule has 3 aromatic heterocycles. The van der Waals surface area contributed by atoms with Crippen molar-refractivity contribution in [3.8, 4) is 16.9 Å². The molecule has 226 valence electrons. The van der Waals surface area contributed by atoms with E-state index in [1.54, 1.807) is 0 Å². The summed E-state index contributed by atoms with van der Waals surface area (Å²) in [6, 6.07) is 20.0. The minimum atomic E-state index is -0.659. The molecule has 7 rings (SSSR count). The van der Waals surface area contributed by atoms with Crippen LogP contribution in [0.5, 0.6) is 0 Å². The zero-order chi connectivity index (χ0) is 30.8. The number of rotatable bonds is 8. The molecule has 0 aliphatic heterocycles. The molecule has 2 bridgehead atoms. The number of benzene rings is 2. The fourth-order valence-corrected chi connectivity index (χ4v) is 7.91. The van der Waals surface area contributed by atoms with Gasteiger partial charge in [0.1, 0.15) is 0 Å². The standard InChI is InChI=1S/C36H39N5O3/c1-22(2)32-24(4)41(29-13-14-31(37-23(29)3)35-15-17-36(21-35,18-16-35)34(43)44)39-33(32)26-11-8-12-28-27(26)19-40(38-28)20-30(42)25-9-6-5-7-10-25/h5-14,19,22,30,42H,15-18,20-21H2,1-4H3,(H,43,44). The van der Waals surface area contributed by atoms with Gasteiger partial charge < -0.3 is 10.2 Å². The van der Waals surface area contributed by atoms with Crippen molar-refractivity contribution in [2.75, 3.05) is 0 Å². The Balaban J connectivity index is 1.26. The summed E-state index contributed by atoms with van der Waals surface area (Å²) in [5.41, 5.74) is 8.02. The molecule has 0 spiro atoms. The number of aliphatic hydroxyl groups excluding tert-OH is 1. The highest BCUT2D eigenvalue weighted by molar-refractivity contribution is 5.94. The maximum absolute atomic E-state index is 12.0. The minimum absolute atomic E-state index is 0.140. The Kier molecular flexibility index (Phi) is 6.73. The summed E-state index contributed by atoms with van der Waals surface area (Å²) in [6.45, 7) is 8.89. The summed E-state index contributed by atoms with van der Waals surface area (Å²) in [5.74, 6) is -0.421. The van der Waals surface area contributed by atoms with E-state index < -0.39 is 17.5 Å². The highest BCUT2D eigenvalue weighted by Gasteiger charge is 2.59. The Bertz CT molecular complexity index is 1880. The van der Waals surface area contributed by atoms with Crippen molar-refractivity contribution in [3.63, 3.8) is 0 Å². The van der Waals surface area contributed by atoms with E-state index in [9.17, 15) is 15.0 Å². The Morgan fingerprint density at radius 2 is 1.70 bits per heavy atom. The van der Waals surface area contributed by atoms with Crippen LogP contribution >= 0.6 is 0 Å². The summed E-state index contributed by atoms with van der Waals surface area (Å²) in [4.78, 5) is 17.1. The molecule has 2 aliphatic carbocycles. The van der Waals surface area contributed by atoms with Crippen LogP contribution in [0.15, 0.2) is 66.9 Å². The second-order valence-electron chi connectivity index (χ2n) is 13.3. The predicted octanol–water partition coefficient (Wildman–Crippen LogP) is 7.04. The lowest BCUT2D eigenvalue weighted by Gasteiger charge is -2.26. The van der Waals surface area contributed by atoms with Crippen LogP contribution < -0.4 is 0 Å². The van der Waals surface area contributed by atoms with E-state index >= 15 is 0 Å². The predicted molar refractivity (Wildman–Crippen MR) is 170 cm³/mol. The molecular weight excluding hydrogens is 550 g/mol. The van der Waals surface area contributed by atoms with Crippen LogP contribution in [0.3, 0.4) is 0 Å². The van der Waals surface area contributed by atoms with Crippen LogP contribution in [0, 0.1) is 19.3 Å². The zero-order valence-corrected chi connectivity index (χ0v) is 25.8. The van der Waals surface area contributed by atoms with Gasteiger partial charge in [-0.05, 0) is 75.6 Å². The zero-order valence-electron chi connectivity index (χ0n) is 25.8. The van der Waals surface area contributed by atoms with Crippen molar-refractivity contribution in [1.29, 1.82) is 0 Å². The number of fused-ring (bicyclic) bond motifs is 3. The largest absolute Gasteiger partial charge is 0.481 e. The molecule has 44 heavy (non-hydrogen) atoms. The first-order valence-electron chi connectivity index (χ1n) is 15.6. The number of aromatic nitrogens is 5. The minimum Gasteiger partial charge on any atom is -0.481 e. The van der Waals surface area contributed by atoms with Crippen LogP contribution in [-0.4, -0.2) is 40.7 Å². The van der Waals surface area contributed by atoms with E-state index in [4.69, 9.17) is 15.2 Å². The van der Waals surface area contributed by atoms with Crippen molar-refractivity contribution >= 4 is 16.9 Å². The molecule has 2 saturated carbocycles. The quantitative estimate of drug-likeness (QED) is 0.201. The Morgan fingerprint density at radius 3 is 2.36 bits per heavy atom. The van der Waals surface area contributed by atoms with E-state index in [1.165, 1.54) is 5.56 Å². The topological polar surface area (TPSA) is 106 Å². The molecule has 2 N–H and O–H groups in total. The maximum atomic E-state index is 12.0. The molecule has 1 unspecified atom stereocenters. The molecule has 5 aromatic rings. The summed E-state index contributed by atoms with van der Waals surface area (Å²) in [6.07, 6.45) is 5.27. The van der Waals surface area contributed by atoms with Crippen LogP contribution in [0.25, 0.3) is 27.8 Å². The lowest BCUT2D eigenvalue weighted by molar-refractivity contribution is -0.148. The highest BCUT2D eigenvalue weighted by Crippen LogP contribution is 2.62. The second-order valence-corrected chi connectivity index (χ2v) is 13.3. The number of carbonyl (C=O) groups is 1. The van der Waals surface area contributed by atoms with E-state index in [2.05, 4.69) is 39.0 Å². The number of carboxylic acid groups (broad SMARTS) is 1. The molecule has 0 saturated heterocycles. The van der Waals surface area contributed by atoms with E-state index in [0.29, 0.717) is 13.0 Å². The van der Waals surface area contributed by atoms with Crippen molar-refractivity contribution in [2.45, 2.75) is 83.8 Å². The number of pyridine rings is 1. The van der Waals surface area contributed by atoms with E-state index in [0.717, 1.165) is 76.2 Å².